The number of ether oxygens (including phenoxy) is 1. The van der Waals surface area contributed by atoms with E-state index in [1.807, 2.05) is 0 Å². The number of rotatable bonds is 3. The van der Waals surface area contributed by atoms with Crippen LogP contribution < -0.4 is 0 Å². The second-order valence-corrected chi connectivity index (χ2v) is 5.04. The molecule has 0 N–H and O–H groups in total. The van der Waals surface area contributed by atoms with Crippen LogP contribution in [0, 0.1) is 11.3 Å². The Kier molecular flexibility index (Phi) is 4.25. The maximum absolute atomic E-state index is 5.74. The third kappa shape index (κ3) is 4.10. The number of hydrogen-bond acceptors (Lipinski definition) is 1. The van der Waals surface area contributed by atoms with Gasteiger partial charge in [0.2, 0.25) is 0 Å². The molecule has 0 saturated carbocycles. The van der Waals surface area contributed by atoms with E-state index < -0.39 is 0 Å². The van der Waals surface area contributed by atoms with Crippen molar-refractivity contribution < 1.29 is 4.74 Å². The molecule has 0 heterocycles. The highest BCUT2D eigenvalue weighted by Gasteiger charge is 2.26. The smallest absolute Gasteiger partial charge is 0.0580 e. The zero-order valence-electron chi connectivity index (χ0n) is 9.64. The minimum Gasteiger partial charge on any atom is -0.376 e. The minimum atomic E-state index is 0.338. The summed E-state index contributed by atoms with van der Waals surface area (Å²) in [5.74, 6) is 0.597. The fourth-order valence-electron chi connectivity index (χ4n) is 1.25. The maximum atomic E-state index is 5.74. The van der Waals surface area contributed by atoms with Gasteiger partial charge in [0.1, 0.15) is 0 Å². The van der Waals surface area contributed by atoms with E-state index in [2.05, 4.69) is 48.5 Å². The third-order valence-electron chi connectivity index (χ3n) is 2.56. The standard InChI is InChI=1S/C11H24O/c1-8(2)12-10(4)9(3)11(5,6)7/h8-10H,1-7H3/t9-,10-/m0/s1. The Morgan fingerprint density at radius 1 is 0.917 bits per heavy atom. The molecular formula is C11H24O. The van der Waals surface area contributed by atoms with Crippen molar-refractivity contribution >= 4 is 0 Å². The van der Waals surface area contributed by atoms with Gasteiger partial charge in [-0.1, -0.05) is 27.7 Å². The summed E-state index contributed by atoms with van der Waals surface area (Å²) in [4.78, 5) is 0. The zero-order valence-corrected chi connectivity index (χ0v) is 9.64. The molecular weight excluding hydrogens is 148 g/mol. The predicted octanol–water partition coefficient (Wildman–Crippen LogP) is 3.48. The van der Waals surface area contributed by atoms with Crippen LogP contribution in [0.1, 0.15) is 48.5 Å². The van der Waals surface area contributed by atoms with Gasteiger partial charge in [-0.2, -0.15) is 0 Å². The molecule has 1 heteroatoms. The predicted molar refractivity (Wildman–Crippen MR) is 54.3 cm³/mol. The summed E-state index contributed by atoms with van der Waals surface area (Å²) in [6.07, 6.45) is 0.690. The van der Waals surface area contributed by atoms with Crippen LogP contribution in [0.2, 0.25) is 0 Å². The van der Waals surface area contributed by atoms with Gasteiger partial charge in [-0.25, -0.2) is 0 Å². The molecule has 0 radical (unpaired) electrons. The van der Waals surface area contributed by atoms with Crippen LogP contribution in [0.3, 0.4) is 0 Å². The fourth-order valence-corrected chi connectivity index (χ4v) is 1.25. The second-order valence-electron chi connectivity index (χ2n) is 5.04. The molecule has 0 bridgehead atoms. The maximum Gasteiger partial charge on any atom is 0.0580 e. The summed E-state index contributed by atoms with van der Waals surface area (Å²) in [7, 11) is 0. The molecule has 0 aromatic rings. The van der Waals surface area contributed by atoms with Crippen LogP contribution >= 0.6 is 0 Å². The summed E-state index contributed by atoms with van der Waals surface area (Å²) < 4.78 is 5.74. The molecule has 74 valence electrons. The summed E-state index contributed by atoms with van der Waals surface area (Å²) in [5, 5.41) is 0. The van der Waals surface area contributed by atoms with Gasteiger partial charge in [-0.3, -0.25) is 0 Å². The molecule has 0 aliphatic heterocycles. The molecule has 0 amide bonds. The molecule has 12 heavy (non-hydrogen) atoms. The largest absolute Gasteiger partial charge is 0.376 e. The summed E-state index contributed by atoms with van der Waals surface area (Å²) in [5.41, 5.74) is 0.342. The Morgan fingerprint density at radius 2 is 1.33 bits per heavy atom. The average molecular weight is 172 g/mol. The molecule has 0 spiro atoms. The molecule has 1 nitrogen and oxygen atoms in total. The summed E-state index contributed by atoms with van der Waals surface area (Å²) in [6, 6.07) is 0. The summed E-state index contributed by atoms with van der Waals surface area (Å²) >= 11 is 0. The van der Waals surface area contributed by atoms with Crippen molar-refractivity contribution in [2.45, 2.75) is 60.7 Å². The topological polar surface area (TPSA) is 9.23 Å². The fraction of sp³-hybridized carbons (Fsp3) is 1.00. The lowest BCUT2D eigenvalue weighted by molar-refractivity contribution is -0.0383. The second kappa shape index (κ2) is 4.27. The van der Waals surface area contributed by atoms with E-state index in [0.29, 0.717) is 23.5 Å². The Bertz CT molecular complexity index is 121. The molecule has 0 aliphatic rings. The van der Waals surface area contributed by atoms with E-state index in [-0.39, 0.29) is 0 Å². The molecule has 0 rings (SSSR count). The van der Waals surface area contributed by atoms with Gasteiger partial charge in [0.25, 0.3) is 0 Å². The van der Waals surface area contributed by atoms with Gasteiger partial charge >= 0.3 is 0 Å². The van der Waals surface area contributed by atoms with Crippen molar-refractivity contribution in [3.63, 3.8) is 0 Å². The van der Waals surface area contributed by atoms with Crippen molar-refractivity contribution in [2.24, 2.45) is 11.3 Å². The van der Waals surface area contributed by atoms with Gasteiger partial charge in [0.05, 0.1) is 12.2 Å². The first-order chi connectivity index (χ1) is 5.25. The molecule has 0 unspecified atom stereocenters. The molecule has 0 fully saturated rings. The number of hydrogen-bond donors (Lipinski definition) is 0. The molecule has 2 atom stereocenters. The lowest BCUT2D eigenvalue weighted by Gasteiger charge is -2.33. The zero-order chi connectivity index (χ0) is 9.94. The van der Waals surface area contributed by atoms with Gasteiger partial charge in [0.15, 0.2) is 0 Å². The molecule has 0 aromatic heterocycles. The lowest BCUT2D eigenvalue weighted by atomic mass is 9.79. The molecule has 0 aliphatic carbocycles. The first-order valence-electron chi connectivity index (χ1n) is 4.90. The van der Waals surface area contributed by atoms with Crippen molar-refractivity contribution in [1.29, 1.82) is 0 Å². The monoisotopic (exact) mass is 172 g/mol. The highest BCUT2D eigenvalue weighted by Crippen LogP contribution is 2.29. The van der Waals surface area contributed by atoms with Gasteiger partial charge in [-0.05, 0) is 32.1 Å². The van der Waals surface area contributed by atoms with Crippen LogP contribution in [0.4, 0.5) is 0 Å². The Morgan fingerprint density at radius 3 is 1.58 bits per heavy atom. The van der Waals surface area contributed by atoms with E-state index in [1.54, 1.807) is 0 Å². The van der Waals surface area contributed by atoms with E-state index in [1.165, 1.54) is 0 Å². The van der Waals surface area contributed by atoms with E-state index in [9.17, 15) is 0 Å². The van der Waals surface area contributed by atoms with Crippen LogP contribution in [-0.4, -0.2) is 12.2 Å². The van der Waals surface area contributed by atoms with E-state index in [0.717, 1.165) is 0 Å². The first kappa shape index (κ1) is 12.0. The van der Waals surface area contributed by atoms with Crippen LogP contribution in [0.15, 0.2) is 0 Å². The SMILES string of the molecule is CC(C)O[C@@H](C)[C@H](C)C(C)(C)C. The lowest BCUT2D eigenvalue weighted by Crippen LogP contribution is -2.31. The minimum absolute atomic E-state index is 0.338. The normalized spacial score (nSPS) is 18.0. The Labute approximate surface area is 77.5 Å². The van der Waals surface area contributed by atoms with E-state index >= 15 is 0 Å². The van der Waals surface area contributed by atoms with Crippen molar-refractivity contribution in [1.82, 2.24) is 0 Å². The molecule has 0 saturated heterocycles. The van der Waals surface area contributed by atoms with Gasteiger partial charge in [-0.15, -0.1) is 0 Å². The summed E-state index contributed by atoms with van der Waals surface area (Å²) in [6.45, 7) is 15.4. The third-order valence-corrected chi connectivity index (χ3v) is 2.56. The Balaban J connectivity index is 4.01. The average Bonchev–Trinajstić information content (AvgIpc) is 1.82. The van der Waals surface area contributed by atoms with Crippen molar-refractivity contribution in [3.8, 4) is 0 Å². The van der Waals surface area contributed by atoms with Crippen LogP contribution in [0.25, 0.3) is 0 Å². The first-order valence-corrected chi connectivity index (χ1v) is 4.90. The van der Waals surface area contributed by atoms with Crippen molar-refractivity contribution in [2.75, 3.05) is 0 Å². The van der Waals surface area contributed by atoms with Gasteiger partial charge in [0, 0.05) is 0 Å². The van der Waals surface area contributed by atoms with Gasteiger partial charge < -0.3 is 4.74 Å². The highest BCUT2D eigenvalue weighted by molar-refractivity contribution is 4.75. The van der Waals surface area contributed by atoms with Crippen LogP contribution in [-0.2, 0) is 4.74 Å². The quantitative estimate of drug-likeness (QED) is 0.633. The van der Waals surface area contributed by atoms with Crippen LogP contribution in [0.5, 0.6) is 0 Å². The van der Waals surface area contributed by atoms with E-state index in [4.69, 9.17) is 4.74 Å². The van der Waals surface area contributed by atoms with Crippen molar-refractivity contribution in [3.05, 3.63) is 0 Å². The highest BCUT2D eigenvalue weighted by atomic mass is 16.5. The molecule has 0 aromatic carbocycles. The Hall–Kier alpha value is -0.0400.